The fourth-order valence-corrected chi connectivity index (χ4v) is 1.46. The molecule has 2 aromatic carbocycles. The third kappa shape index (κ3) is 2.60. The van der Waals surface area contributed by atoms with Crippen LogP contribution in [0.5, 0.6) is 11.5 Å². The molecule has 0 saturated heterocycles. The van der Waals surface area contributed by atoms with Crippen LogP contribution in [0, 0.1) is 17.0 Å². The van der Waals surface area contributed by atoms with Crippen molar-refractivity contribution in [3.05, 3.63) is 64.2 Å². The molecule has 0 spiro atoms. The summed E-state index contributed by atoms with van der Waals surface area (Å²) in [5.41, 5.74) is 1.01. The minimum atomic E-state index is -0.440. The minimum Gasteiger partial charge on any atom is -0.457 e. The first-order chi connectivity index (χ1) is 8.16. The highest BCUT2D eigenvalue weighted by Gasteiger charge is 2.07. The van der Waals surface area contributed by atoms with Crippen molar-refractivity contribution in [3.63, 3.8) is 0 Å². The van der Waals surface area contributed by atoms with E-state index >= 15 is 0 Å². The number of para-hydroxylation sites is 1. The molecule has 17 heavy (non-hydrogen) atoms. The lowest BCUT2D eigenvalue weighted by atomic mass is 10.2. The number of benzene rings is 2. The fourth-order valence-electron chi connectivity index (χ4n) is 1.46. The van der Waals surface area contributed by atoms with Crippen LogP contribution in [-0.2, 0) is 0 Å². The van der Waals surface area contributed by atoms with Gasteiger partial charge in [0, 0.05) is 6.07 Å². The van der Waals surface area contributed by atoms with E-state index in [1.807, 2.05) is 31.2 Å². The molecule has 2 aromatic rings. The molecule has 4 nitrogen and oxygen atoms in total. The second-order valence-electron chi connectivity index (χ2n) is 3.62. The van der Waals surface area contributed by atoms with Crippen LogP contribution in [-0.4, -0.2) is 4.92 Å². The topological polar surface area (TPSA) is 52.4 Å². The highest BCUT2D eigenvalue weighted by Crippen LogP contribution is 2.27. The summed E-state index contributed by atoms with van der Waals surface area (Å²) in [7, 11) is 0. The second-order valence-corrected chi connectivity index (χ2v) is 3.62. The van der Waals surface area contributed by atoms with Gasteiger partial charge in [0.15, 0.2) is 0 Å². The van der Waals surface area contributed by atoms with E-state index in [0.29, 0.717) is 11.5 Å². The normalized spacial score (nSPS) is 9.94. The minimum absolute atomic E-state index is 0.0242. The van der Waals surface area contributed by atoms with Crippen molar-refractivity contribution < 1.29 is 9.66 Å². The molecule has 0 heterocycles. The Morgan fingerprint density at radius 1 is 1.12 bits per heavy atom. The molecule has 0 saturated carbocycles. The molecule has 0 amide bonds. The van der Waals surface area contributed by atoms with Crippen LogP contribution >= 0.6 is 0 Å². The van der Waals surface area contributed by atoms with E-state index in [2.05, 4.69) is 0 Å². The molecule has 0 aliphatic heterocycles. The molecular formula is C13H11NO3. The Balaban J connectivity index is 2.28. The second kappa shape index (κ2) is 4.65. The summed E-state index contributed by atoms with van der Waals surface area (Å²) in [5.74, 6) is 1.17. The van der Waals surface area contributed by atoms with Gasteiger partial charge in [-0.2, -0.15) is 0 Å². The van der Waals surface area contributed by atoms with Crippen LogP contribution in [0.2, 0.25) is 0 Å². The highest BCUT2D eigenvalue weighted by molar-refractivity contribution is 5.42. The first-order valence-corrected chi connectivity index (χ1v) is 5.15. The lowest BCUT2D eigenvalue weighted by molar-refractivity contribution is -0.384. The van der Waals surface area contributed by atoms with Crippen molar-refractivity contribution >= 4 is 5.69 Å². The molecule has 0 bridgehead atoms. The zero-order valence-corrected chi connectivity index (χ0v) is 9.29. The average Bonchev–Trinajstić information content (AvgIpc) is 2.32. The van der Waals surface area contributed by atoms with Crippen molar-refractivity contribution in [1.82, 2.24) is 0 Å². The number of nitro groups is 1. The maximum absolute atomic E-state index is 10.6. The van der Waals surface area contributed by atoms with Gasteiger partial charge in [0.25, 0.3) is 5.69 Å². The summed E-state index contributed by atoms with van der Waals surface area (Å²) >= 11 is 0. The molecule has 2 rings (SSSR count). The summed E-state index contributed by atoms with van der Waals surface area (Å²) in [6, 6.07) is 13.7. The predicted molar refractivity (Wildman–Crippen MR) is 64.3 cm³/mol. The highest BCUT2D eigenvalue weighted by atomic mass is 16.6. The molecule has 4 heteroatoms. The molecule has 0 radical (unpaired) electrons. The van der Waals surface area contributed by atoms with Crippen LogP contribution in [0.3, 0.4) is 0 Å². The number of hydrogen-bond acceptors (Lipinski definition) is 3. The van der Waals surface area contributed by atoms with Gasteiger partial charge in [-0.15, -0.1) is 0 Å². The Morgan fingerprint density at radius 3 is 2.59 bits per heavy atom. The molecular weight excluding hydrogens is 218 g/mol. The van der Waals surface area contributed by atoms with E-state index in [4.69, 9.17) is 4.74 Å². The number of aryl methyl sites for hydroxylation is 1. The van der Waals surface area contributed by atoms with Crippen molar-refractivity contribution in [2.75, 3.05) is 0 Å². The van der Waals surface area contributed by atoms with Crippen LogP contribution < -0.4 is 4.74 Å². The number of non-ortho nitro benzene ring substituents is 1. The van der Waals surface area contributed by atoms with Crippen molar-refractivity contribution in [2.45, 2.75) is 6.92 Å². The van der Waals surface area contributed by atoms with Gasteiger partial charge in [0.2, 0.25) is 0 Å². The molecule has 86 valence electrons. The molecule has 0 unspecified atom stereocenters. The van der Waals surface area contributed by atoms with Crippen LogP contribution in [0.25, 0.3) is 0 Å². The van der Waals surface area contributed by atoms with Gasteiger partial charge in [-0.05, 0) is 24.6 Å². The average molecular weight is 229 g/mol. The summed E-state index contributed by atoms with van der Waals surface area (Å²) in [6.07, 6.45) is 0. The van der Waals surface area contributed by atoms with Crippen molar-refractivity contribution in [2.24, 2.45) is 0 Å². The molecule has 0 aromatic heterocycles. The van der Waals surface area contributed by atoms with Crippen LogP contribution in [0.15, 0.2) is 48.5 Å². The Bertz CT molecular complexity index is 552. The van der Waals surface area contributed by atoms with Gasteiger partial charge in [-0.3, -0.25) is 10.1 Å². The van der Waals surface area contributed by atoms with E-state index in [9.17, 15) is 10.1 Å². The number of hydrogen-bond donors (Lipinski definition) is 0. The Labute approximate surface area is 98.6 Å². The Hall–Kier alpha value is -2.36. The predicted octanol–water partition coefficient (Wildman–Crippen LogP) is 3.70. The van der Waals surface area contributed by atoms with Gasteiger partial charge in [0.1, 0.15) is 11.5 Å². The number of ether oxygens (including phenoxy) is 1. The maximum atomic E-state index is 10.6. The molecule has 0 atom stereocenters. The van der Waals surface area contributed by atoms with Gasteiger partial charge >= 0.3 is 0 Å². The fraction of sp³-hybridized carbons (Fsp3) is 0.0769. The first-order valence-electron chi connectivity index (χ1n) is 5.15. The van der Waals surface area contributed by atoms with Gasteiger partial charge < -0.3 is 4.74 Å². The Kier molecular flexibility index (Phi) is 3.05. The van der Waals surface area contributed by atoms with Crippen LogP contribution in [0.4, 0.5) is 5.69 Å². The smallest absolute Gasteiger partial charge is 0.273 e. The van der Waals surface area contributed by atoms with Crippen molar-refractivity contribution in [1.29, 1.82) is 0 Å². The SMILES string of the molecule is Cc1ccccc1Oc1cccc([N+](=O)[O-])c1. The van der Waals surface area contributed by atoms with E-state index < -0.39 is 4.92 Å². The number of rotatable bonds is 3. The Morgan fingerprint density at radius 2 is 1.88 bits per heavy atom. The summed E-state index contributed by atoms with van der Waals surface area (Å²) in [4.78, 5) is 10.2. The van der Waals surface area contributed by atoms with Gasteiger partial charge in [-0.25, -0.2) is 0 Å². The quantitative estimate of drug-likeness (QED) is 0.595. The van der Waals surface area contributed by atoms with E-state index in [1.165, 1.54) is 12.1 Å². The maximum Gasteiger partial charge on any atom is 0.273 e. The molecule has 0 aliphatic carbocycles. The van der Waals surface area contributed by atoms with E-state index in [0.717, 1.165) is 5.56 Å². The summed E-state index contributed by atoms with van der Waals surface area (Å²) in [5, 5.41) is 10.6. The van der Waals surface area contributed by atoms with E-state index in [1.54, 1.807) is 12.1 Å². The van der Waals surface area contributed by atoms with Gasteiger partial charge in [0.05, 0.1) is 11.0 Å². The third-order valence-electron chi connectivity index (χ3n) is 2.35. The largest absolute Gasteiger partial charge is 0.457 e. The third-order valence-corrected chi connectivity index (χ3v) is 2.35. The number of nitro benzene ring substituents is 1. The molecule has 0 fully saturated rings. The van der Waals surface area contributed by atoms with Crippen LogP contribution in [0.1, 0.15) is 5.56 Å². The summed E-state index contributed by atoms with van der Waals surface area (Å²) < 4.78 is 5.60. The molecule has 0 N–H and O–H groups in total. The first kappa shape index (κ1) is 11.1. The number of nitrogens with zero attached hydrogens (tertiary/aromatic N) is 1. The monoisotopic (exact) mass is 229 g/mol. The lowest BCUT2D eigenvalue weighted by Crippen LogP contribution is -1.90. The van der Waals surface area contributed by atoms with E-state index in [-0.39, 0.29) is 5.69 Å². The van der Waals surface area contributed by atoms with Crippen molar-refractivity contribution in [3.8, 4) is 11.5 Å². The van der Waals surface area contributed by atoms with Gasteiger partial charge in [-0.1, -0.05) is 24.3 Å². The lowest BCUT2D eigenvalue weighted by Gasteiger charge is -2.07. The zero-order valence-electron chi connectivity index (χ0n) is 9.29. The molecule has 0 aliphatic rings. The zero-order chi connectivity index (χ0) is 12.3. The summed E-state index contributed by atoms with van der Waals surface area (Å²) in [6.45, 7) is 1.92. The standard InChI is InChI=1S/C13H11NO3/c1-10-5-2-3-8-13(10)17-12-7-4-6-11(9-12)14(15)16/h2-9H,1H3.